The van der Waals surface area contributed by atoms with Gasteiger partial charge in [0.05, 0.1) is 0 Å². The Hall–Kier alpha value is -7.27. The molecule has 0 unspecified atom stereocenters. The van der Waals surface area contributed by atoms with E-state index in [1.165, 1.54) is 80.8 Å². The first-order valence-electron chi connectivity index (χ1n) is 20.5. The summed E-state index contributed by atoms with van der Waals surface area (Å²) in [4.78, 5) is 15.8. The SMILES string of the molecule is CC1(C)c2ccccc2-c2ccc(-c3nc(-c4ccccc4)nc(-c4cc5ccccc5c5c4sc4c(-c6ccc(-c7ccc8ccccc8c7)cc6)cccc45)n3)cc21. The second-order valence-corrected chi connectivity index (χ2v) is 17.4. The van der Waals surface area contributed by atoms with Crippen molar-refractivity contribution >= 4 is 53.1 Å². The van der Waals surface area contributed by atoms with Gasteiger partial charge in [-0.15, -0.1) is 11.3 Å². The molecule has 0 saturated heterocycles. The van der Waals surface area contributed by atoms with Crippen LogP contribution in [0.15, 0.2) is 188 Å². The van der Waals surface area contributed by atoms with Gasteiger partial charge in [0.15, 0.2) is 17.5 Å². The first kappa shape index (κ1) is 34.7. The molecule has 12 rings (SSSR count). The van der Waals surface area contributed by atoms with E-state index in [-0.39, 0.29) is 5.41 Å². The predicted octanol–water partition coefficient (Wildman–Crippen LogP) is 15.2. The van der Waals surface area contributed by atoms with Crippen LogP contribution in [0.5, 0.6) is 0 Å². The van der Waals surface area contributed by atoms with E-state index < -0.39 is 0 Å². The van der Waals surface area contributed by atoms with Crippen LogP contribution in [0.25, 0.3) is 109 Å². The third-order valence-electron chi connectivity index (χ3n) is 12.5. The quantitative estimate of drug-likeness (QED) is 0.174. The Kier molecular flexibility index (Phi) is 7.75. The van der Waals surface area contributed by atoms with Crippen molar-refractivity contribution in [2.75, 3.05) is 0 Å². The summed E-state index contributed by atoms with van der Waals surface area (Å²) in [5.41, 5.74) is 12.9. The van der Waals surface area contributed by atoms with Gasteiger partial charge in [-0.2, -0.15) is 0 Å². The van der Waals surface area contributed by atoms with Gasteiger partial charge < -0.3 is 0 Å². The second-order valence-electron chi connectivity index (χ2n) is 16.4. The first-order valence-corrected chi connectivity index (χ1v) is 21.3. The maximum atomic E-state index is 5.37. The zero-order valence-corrected chi connectivity index (χ0v) is 34.0. The molecule has 282 valence electrons. The lowest BCUT2D eigenvalue weighted by molar-refractivity contribution is 0.660. The highest BCUT2D eigenvalue weighted by atomic mass is 32.1. The fourth-order valence-corrected chi connectivity index (χ4v) is 10.8. The van der Waals surface area contributed by atoms with Crippen molar-refractivity contribution in [3.8, 4) is 67.5 Å². The summed E-state index contributed by atoms with van der Waals surface area (Å²) in [5.74, 6) is 2.00. The fraction of sp³-hybridized carbons (Fsp3) is 0.0536. The number of hydrogen-bond donors (Lipinski definition) is 0. The van der Waals surface area contributed by atoms with Gasteiger partial charge in [0.1, 0.15) is 0 Å². The minimum atomic E-state index is -0.143. The van der Waals surface area contributed by atoms with Gasteiger partial charge >= 0.3 is 0 Å². The van der Waals surface area contributed by atoms with Gasteiger partial charge in [0.25, 0.3) is 0 Å². The van der Waals surface area contributed by atoms with Crippen LogP contribution in [0.3, 0.4) is 0 Å². The molecule has 0 radical (unpaired) electrons. The molecule has 4 heteroatoms. The topological polar surface area (TPSA) is 38.7 Å². The lowest BCUT2D eigenvalue weighted by atomic mass is 9.82. The number of nitrogens with zero attached hydrogens (tertiary/aromatic N) is 3. The van der Waals surface area contributed by atoms with Crippen molar-refractivity contribution in [3.05, 3.63) is 199 Å². The molecule has 1 aliphatic rings. The summed E-state index contributed by atoms with van der Waals surface area (Å²) >= 11 is 1.83. The Morgan fingerprint density at radius 1 is 0.350 bits per heavy atom. The standard InChI is InChI=1S/C56H37N3S/c1-56(2)48-22-11-10-19-44(48)45-30-29-41(33-49(45)56)54-57-53(37-14-4-3-5-15-37)58-55(59-54)47-32-40-17-8-9-18-42(40)50-46-21-12-20-43(51(46)60-52(47)50)36-26-23-35(24-27-36)39-28-25-34-13-6-7-16-38(34)31-39/h3-33H,1-2H3. The maximum Gasteiger partial charge on any atom is 0.165 e. The van der Waals surface area contributed by atoms with E-state index in [0.29, 0.717) is 17.5 Å². The molecular formula is C56H37N3S. The number of rotatable bonds is 5. The number of aromatic nitrogens is 3. The summed E-state index contributed by atoms with van der Waals surface area (Å²) in [5, 5.41) is 7.36. The fourth-order valence-electron chi connectivity index (χ4n) is 9.44. The summed E-state index contributed by atoms with van der Waals surface area (Å²) < 4.78 is 2.42. The van der Waals surface area contributed by atoms with Gasteiger partial charge in [-0.25, -0.2) is 15.0 Å². The largest absolute Gasteiger partial charge is 0.208 e. The van der Waals surface area contributed by atoms with E-state index in [0.717, 1.165) is 22.1 Å². The van der Waals surface area contributed by atoms with Gasteiger partial charge in [0, 0.05) is 42.3 Å². The van der Waals surface area contributed by atoms with Crippen LogP contribution in [-0.4, -0.2) is 15.0 Å². The third-order valence-corrected chi connectivity index (χ3v) is 13.8. The number of thiophene rings is 1. The molecule has 0 fully saturated rings. The van der Waals surface area contributed by atoms with E-state index in [2.05, 4.69) is 184 Å². The molecular weight excluding hydrogens is 747 g/mol. The minimum absolute atomic E-state index is 0.143. The number of fused-ring (bicyclic) bond motifs is 9. The van der Waals surface area contributed by atoms with Gasteiger partial charge in [-0.05, 0) is 84.3 Å². The summed E-state index contributed by atoms with van der Waals surface area (Å²) in [6.45, 7) is 4.63. The summed E-state index contributed by atoms with van der Waals surface area (Å²) in [7, 11) is 0. The Labute approximate surface area is 352 Å². The normalized spacial score (nSPS) is 13.0. The molecule has 1 aliphatic carbocycles. The summed E-state index contributed by atoms with van der Waals surface area (Å²) in [6.07, 6.45) is 0. The lowest BCUT2D eigenvalue weighted by Gasteiger charge is -2.21. The summed E-state index contributed by atoms with van der Waals surface area (Å²) in [6, 6.07) is 67.8. The van der Waals surface area contributed by atoms with Crippen LogP contribution in [0.4, 0.5) is 0 Å². The molecule has 2 heterocycles. The van der Waals surface area contributed by atoms with Crippen LogP contribution < -0.4 is 0 Å². The minimum Gasteiger partial charge on any atom is -0.208 e. The van der Waals surface area contributed by atoms with Crippen LogP contribution in [0, 0.1) is 0 Å². The van der Waals surface area contributed by atoms with Gasteiger partial charge in [0.2, 0.25) is 0 Å². The molecule has 0 bridgehead atoms. The van der Waals surface area contributed by atoms with Crippen LogP contribution >= 0.6 is 11.3 Å². The monoisotopic (exact) mass is 783 g/mol. The molecule has 0 amide bonds. The molecule has 9 aromatic carbocycles. The van der Waals surface area contributed by atoms with Crippen molar-refractivity contribution in [2.45, 2.75) is 19.3 Å². The Morgan fingerprint density at radius 2 is 0.967 bits per heavy atom. The number of benzene rings is 9. The van der Waals surface area contributed by atoms with Gasteiger partial charge in [-0.3, -0.25) is 0 Å². The van der Waals surface area contributed by atoms with Crippen molar-refractivity contribution < 1.29 is 0 Å². The van der Waals surface area contributed by atoms with E-state index in [1.54, 1.807) is 0 Å². The maximum absolute atomic E-state index is 5.37. The zero-order chi connectivity index (χ0) is 40.0. The van der Waals surface area contributed by atoms with E-state index >= 15 is 0 Å². The van der Waals surface area contributed by atoms with E-state index in [9.17, 15) is 0 Å². The third kappa shape index (κ3) is 5.45. The predicted molar refractivity (Wildman–Crippen MR) is 252 cm³/mol. The van der Waals surface area contributed by atoms with Crippen molar-refractivity contribution in [1.82, 2.24) is 15.0 Å². The molecule has 0 saturated carbocycles. The molecule has 2 aromatic heterocycles. The van der Waals surface area contributed by atoms with Crippen LogP contribution in [-0.2, 0) is 5.41 Å². The molecule has 0 N–H and O–H groups in total. The zero-order valence-electron chi connectivity index (χ0n) is 33.1. The highest BCUT2D eigenvalue weighted by Crippen LogP contribution is 2.50. The molecule has 60 heavy (non-hydrogen) atoms. The Bertz CT molecular complexity index is 3510. The average Bonchev–Trinajstić information content (AvgIpc) is 3.81. The highest BCUT2D eigenvalue weighted by molar-refractivity contribution is 7.27. The van der Waals surface area contributed by atoms with Crippen molar-refractivity contribution in [1.29, 1.82) is 0 Å². The molecule has 11 aromatic rings. The highest BCUT2D eigenvalue weighted by Gasteiger charge is 2.35. The van der Waals surface area contributed by atoms with Crippen molar-refractivity contribution in [3.63, 3.8) is 0 Å². The molecule has 3 nitrogen and oxygen atoms in total. The average molecular weight is 784 g/mol. The van der Waals surface area contributed by atoms with Crippen LogP contribution in [0.2, 0.25) is 0 Å². The lowest BCUT2D eigenvalue weighted by Crippen LogP contribution is -2.15. The van der Waals surface area contributed by atoms with Crippen molar-refractivity contribution in [2.24, 2.45) is 0 Å². The van der Waals surface area contributed by atoms with Crippen LogP contribution in [0.1, 0.15) is 25.0 Å². The molecule has 0 atom stereocenters. The second kappa shape index (κ2) is 13.4. The van der Waals surface area contributed by atoms with Gasteiger partial charge in [-0.1, -0.05) is 184 Å². The molecule has 0 spiro atoms. The Balaban J connectivity index is 1.04. The first-order chi connectivity index (χ1) is 29.5. The van der Waals surface area contributed by atoms with E-state index in [4.69, 9.17) is 15.0 Å². The van der Waals surface area contributed by atoms with E-state index in [1.807, 2.05) is 29.5 Å². The number of hydrogen-bond acceptors (Lipinski definition) is 4. The molecule has 0 aliphatic heterocycles. The Morgan fingerprint density at radius 3 is 1.82 bits per heavy atom. The smallest absolute Gasteiger partial charge is 0.165 e.